The molecule has 0 aliphatic rings. The summed E-state index contributed by atoms with van der Waals surface area (Å²) >= 11 is 0. The molecule has 5 heteroatoms. The Balaban J connectivity index is 2.87. The number of aromatic hydroxyl groups is 1. The minimum Gasteiger partial charge on any atom is -0.507 e. The third kappa shape index (κ3) is 2.70. The minimum absolute atomic E-state index is 0.290. The number of benzene rings is 1. The molecule has 0 spiro atoms. The molecule has 0 radical (unpaired) electrons. The maximum atomic E-state index is 13.4. The Hall–Kier alpha value is -1.62. The molecule has 1 amide bonds. The molecule has 0 heterocycles. The predicted octanol–water partition coefficient (Wildman–Crippen LogP) is 0.952. The Morgan fingerprint density at radius 3 is 2.81 bits per heavy atom. The molecule has 1 rings (SSSR count). The van der Waals surface area contributed by atoms with E-state index in [4.69, 9.17) is 5.73 Å². The van der Waals surface area contributed by atoms with E-state index in [0.717, 1.165) is 6.07 Å². The molecule has 0 atom stereocenters. The van der Waals surface area contributed by atoms with Crippen LogP contribution in [0.3, 0.4) is 0 Å². The number of carbonyl (C=O) groups is 1. The van der Waals surface area contributed by atoms with Crippen LogP contribution in [0.15, 0.2) is 18.2 Å². The number of nitrogens with zero attached hydrogens (tertiary/aromatic N) is 1. The molecule has 0 fully saturated rings. The fourth-order valence-corrected chi connectivity index (χ4v) is 1.35. The van der Waals surface area contributed by atoms with Crippen molar-refractivity contribution in [2.75, 3.05) is 20.1 Å². The van der Waals surface area contributed by atoms with Crippen molar-refractivity contribution in [1.82, 2.24) is 4.90 Å². The zero-order valence-corrected chi connectivity index (χ0v) is 9.11. The first-order valence-electron chi connectivity index (χ1n) is 5.01. The van der Waals surface area contributed by atoms with E-state index in [1.54, 1.807) is 7.05 Å². The van der Waals surface area contributed by atoms with Crippen LogP contribution < -0.4 is 5.73 Å². The molecule has 0 aliphatic heterocycles. The van der Waals surface area contributed by atoms with Gasteiger partial charge in [0.05, 0.1) is 0 Å². The van der Waals surface area contributed by atoms with E-state index in [1.807, 2.05) is 0 Å². The van der Waals surface area contributed by atoms with E-state index < -0.39 is 11.7 Å². The van der Waals surface area contributed by atoms with Gasteiger partial charge < -0.3 is 15.7 Å². The fourth-order valence-electron chi connectivity index (χ4n) is 1.35. The van der Waals surface area contributed by atoms with E-state index in [9.17, 15) is 14.3 Å². The summed E-state index contributed by atoms with van der Waals surface area (Å²) in [5, 5.41) is 9.42. The van der Waals surface area contributed by atoms with Gasteiger partial charge in [0.2, 0.25) is 0 Å². The average Bonchev–Trinajstić information content (AvgIpc) is 2.25. The Labute approximate surface area is 93.5 Å². The molecule has 88 valence electrons. The first-order chi connectivity index (χ1) is 7.57. The van der Waals surface area contributed by atoms with Crippen molar-refractivity contribution in [3.63, 3.8) is 0 Å². The largest absolute Gasteiger partial charge is 0.507 e. The lowest BCUT2D eigenvalue weighted by Gasteiger charge is -2.17. The van der Waals surface area contributed by atoms with Crippen LogP contribution in [-0.2, 0) is 0 Å². The monoisotopic (exact) mass is 226 g/mol. The number of hydrogen-bond donors (Lipinski definition) is 2. The Kier molecular flexibility index (Phi) is 4.25. The number of amides is 1. The van der Waals surface area contributed by atoms with E-state index in [1.165, 1.54) is 17.0 Å². The van der Waals surface area contributed by atoms with Gasteiger partial charge in [-0.3, -0.25) is 4.79 Å². The molecule has 16 heavy (non-hydrogen) atoms. The molecule has 3 N–H and O–H groups in total. The number of carbonyl (C=O) groups excluding carboxylic acids is 1. The molecule has 0 saturated carbocycles. The molecule has 1 aromatic carbocycles. The van der Waals surface area contributed by atoms with Crippen LogP contribution >= 0.6 is 0 Å². The molecule has 0 aromatic heterocycles. The second kappa shape index (κ2) is 5.46. The third-order valence-electron chi connectivity index (χ3n) is 2.25. The molecule has 0 unspecified atom stereocenters. The van der Waals surface area contributed by atoms with Crippen LogP contribution in [0.1, 0.15) is 16.8 Å². The number of rotatable bonds is 4. The van der Waals surface area contributed by atoms with Gasteiger partial charge in [-0.05, 0) is 25.1 Å². The Morgan fingerprint density at radius 1 is 1.56 bits per heavy atom. The summed E-state index contributed by atoms with van der Waals surface area (Å²) in [6.07, 6.45) is 0.636. The Bertz CT molecular complexity index is 362. The SMILES string of the molecule is CN(CCCN)C(=O)c1c(O)cccc1F. The normalized spacial score (nSPS) is 10.2. The fraction of sp³-hybridized carbons (Fsp3) is 0.364. The molecular formula is C11H15FN2O2. The van der Waals surface area contributed by atoms with Gasteiger partial charge in [0.1, 0.15) is 17.1 Å². The smallest absolute Gasteiger partial charge is 0.260 e. The van der Waals surface area contributed by atoms with Crippen LogP contribution in [0.25, 0.3) is 0 Å². The number of phenols is 1. The number of phenolic OH excluding ortho intramolecular Hbond substituents is 1. The van der Waals surface area contributed by atoms with Gasteiger partial charge >= 0.3 is 0 Å². The van der Waals surface area contributed by atoms with Crippen molar-refractivity contribution >= 4 is 5.91 Å². The van der Waals surface area contributed by atoms with Gasteiger partial charge in [-0.15, -0.1) is 0 Å². The van der Waals surface area contributed by atoms with Crippen LogP contribution in [-0.4, -0.2) is 36.1 Å². The van der Waals surface area contributed by atoms with Crippen LogP contribution in [0.5, 0.6) is 5.75 Å². The van der Waals surface area contributed by atoms with Crippen molar-refractivity contribution in [2.45, 2.75) is 6.42 Å². The summed E-state index contributed by atoms with van der Waals surface area (Å²) < 4.78 is 13.4. The van der Waals surface area contributed by atoms with Crippen molar-refractivity contribution in [1.29, 1.82) is 0 Å². The first kappa shape index (κ1) is 12.4. The molecule has 1 aromatic rings. The van der Waals surface area contributed by atoms with Crippen molar-refractivity contribution in [2.24, 2.45) is 5.73 Å². The second-order valence-corrected chi connectivity index (χ2v) is 3.50. The minimum atomic E-state index is -0.718. The van der Waals surface area contributed by atoms with Crippen LogP contribution in [0, 0.1) is 5.82 Å². The first-order valence-corrected chi connectivity index (χ1v) is 5.01. The van der Waals surface area contributed by atoms with Gasteiger partial charge in [-0.25, -0.2) is 4.39 Å². The van der Waals surface area contributed by atoms with E-state index in [-0.39, 0.29) is 11.3 Å². The van der Waals surface area contributed by atoms with Gasteiger partial charge in [0.25, 0.3) is 5.91 Å². The second-order valence-electron chi connectivity index (χ2n) is 3.50. The van der Waals surface area contributed by atoms with Gasteiger partial charge in [0.15, 0.2) is 0 Å². The van der Waals surface area contributed by atoms with Crippen molar-refractivity contribution in [3.8, 4) is 5.75 Å². The lowest BCUT2D eigenvalue weighted by atomic mass is 10.1. The summed E-state index contributed by atoms with van der Waals surface area (Å²) in [5.74, 6) is -1.60. The summed E-state index contributed by atoms with van der Waals surface area (Å²) in [5.41, 5.74) is 5.02. The topological polar surface area (TPSA) is 66.6 Å². The highest BCUT2D eigenvalue weighted by Gasteiger charge is 2.19. The molecule has 0 aliphatic carbocycles. The molecule has 0 saturated heterocycles. The van der Waals surface area contributed by atoms with E-state index >= 15 is 0 Å². The van der Waals surface area contributed by atoms with Crippen molar-refractivity contribution in [3.05, 3.63) is 29.6 Å². The molecule has 0 bridgehead atoms. The standard InChI is InChI=1S/C11H15FN2O2/c1-14(7-3-6-13)11(16)10-8(12)4-2-5-9(10)15/h2,4-5,15H,3,6-7,13H2,1H3. The zero-order valence-electron chi connectivity index (χ0n) is 9.11. The summed E-state index contributed by atoms with van der Waals surface area (Å²) in [4.78, 5) is 13.1. The maximum absolute atomic E-state index is 13.4. The van der Waals surface area contributed by atoms with E-state index in [2.05, 4.69) is 0 Å². The highest BCUT2D eigenvalue weighted by atomic mass is 19.1. The number of nitrogens with two attached hydrogens (primary N) is 1. The average molecular weight is 226 g/mol. The van der Waals surface area contributed by atoms with Gasteiger partial charge in [-0.1, -0.05) is 6.07 Å². The van der Waals surface area contributed by atoms with Gasteiger partial charge in [0, 0.05) is 13.6 Å². The predicted molar refractivity (Wildman–Crippen MR) is 58.7 cm³/mol. The quantitative estimate of drug-likeness (QED) is 0.803. The lowest BCUT2D eigenvalue weighted by molar-refractivity contribution is 0.0786. The van der Waals surface area contributed by atoms with Gasteiger partial charge in [-0.2, -0.15) is 0 Å². The van der Waals surface area contributed by atoms with Crippen LogP contribution in [0.4, 0.5) is 4.39 Å². The number of hydrogen-bond acceptors (Lipinski definition) is 3. The zero-order chi connectivity index (χ0) is 12.1. The number of halogens is 1. The van der Waals surface area contributed by atoms with Crippen LogP contribution in [0.2, 0.25) is 0 Å². The third-order valence-corrected chi connectivity index (χ3v) is 2.25. The summed E-state index contributed by atoms with van der Waals surface area (Å²) in [6, 6.07) is 3.78. The summed E-state index contributed by atoms with van der Waals surface area (Å²) in [7, 11) is 1.55. The Morgan fingerprint density at radius 2 is 2.25 bits per heavy atom. The highest BCUT2D eigenvalue weighted by Crippen LogP contribution is 2.21. The maximum Gasteiger partial charge on any atom is 0.260 e. The molecular weight excluding hydrogens is 211 g/mol. The highest BCUT2D eigenvalue weighted by molar-refractivity contribution is 5.96. The molecule has 4 nitrogen and oxygen atoms in total. The van der Waals surface area contributed by atoms with E-state index in [0.29, 0.717) is 19.5 Å². The summed E-state index contributed by atoms with van der Waals surface area (Å²) in [6.45, 7) is 0.893. The lowest BCUT2D eigenvalue weighted by Crippen LogP contribution is -2.29. The van der Waals surface area contributed by atoms with Crippen molar-refractivity contribution < 1.29 is 14.3 Å².